The zero-order chi connectivity index (χ0) is 21.5. The van der Waals surface area contributed by atoms with Gasteiger partial charge in [0.05, 0.1) is 6.42 Å². The topological polar surface area (TPSA) is 188 Å². The van der Waals surface area contributed by atoms with Crippen molar-refractivity contribution >= 4 is 41.4 Å². The van der Waals surface area contributed by atoms with Gasteiger partial charge in [0.2, 0.25) is 0 Å². The maximum atomic E-state index is 10.6. The van der Waals surface area contributed by atoms with Gasteiger partial charge in [-0.3, -0.25) is 14.4 Å². The molecule has 0 aliphatic rings. The van der Waals surface area contributed by atoms with Crippen molar-refractivity contribution in [2.24, 2.45) is 5.16 Å². The van der Waals surface area contributed by atoms with Crippen molar-refractivity contribution in [3.8, 4) is 0 Å². The molecular weight excluding hydrogens is 378 g/mol. The van der Waals surface area contributed by atoms with Crippen LogP contribution in [0.3, 0.4) is 0 Å². The summed E-state index contributed by atoms with van der Waals surface area (Å²) in [6.45, 7) is 0.0608. The lowest BCUT2D eigenvalue weighted by Crippen LogP contribution is -2.17. The van der Waals surface area contributed by atoms with E-state index in [1.165, 1.54) is 0 Å². The quantitative estimate of drug-likeness (QED) is 0.145. The molecule has 150 valence electrons. The summed E-state index contributed by atoms with van der Waals surface area (Å²) >= 11 is 0. The molecular formula is C17H17NO10. The minimum absolute atomic E-state index is 0.0608. The van der Waals surface area contributed by atoms with Crippen LogP contribution in [-0.4, -0.2) is 62.4 Å². The first-order valence-corrected chi connectivity index (χ1v) is 7.47. The van der Waals surface area contributed by atoms with Crippen LogP contribution >= 0.6 is 0 Å². The van der Waals surface area contributed by atoms with Crippen LogP contribution < -0.4 is 0 Å². The largest absolute Gasteiger partial charge is 0.481 e. The second kappa shape index (κ2) is 13.2. The predicted octanol–water partition coefficient (Wildman–Crippen LogP) is 0.746. The van der Waals surface area contributed by atoms with Crippen molar-refractivity contribution in [2.45, 2.75) is 12.8 Å². The average molecular weight is 395 g/mol. The van der Waals surface area contributed by atoms with Crippen LogP contribution in [0.15, 0.2) is 41.6 Å². The van der Waals surface area contributed by atoms with Gasteiger partial charge in [0.15, 0.2) is 5.71 Å². The summed E-state index contributed by atoms with van der Waals surface area (Å²) < 4.78 is 0. The zero-order valence-corrected chi connectivity index (χ0v) is 14.3. The molecule has 1 aromatic carbocycles. The average Bonchev–Trinajstić information content (AvgIpc) is 2.60. The number of rotatable bonds is 10. The van der Waals surface area contributed by atoms with Crippen molar-refractivity contribution in [1.82, 2.24) is 0 Å². The Kier molecular flexibility index (Phi) is 11.3. The van der Waals surface area contributed by atoms with Crippen LogP contribution in [0.25, 0.3) is 6.08 Å². The second-order valence-corrected chi connectivity index (χ2v) is 4.82. The number of carbonyl (C=O) groups excluding carboxylic acids is 1. The molecule has 0 atom stereocenters. The Balaban J connectivity index is 0.000000684. The summed E-state index contributed by atoms with van der Waals surface area (Å²) in [5.41, 5.74) is 0.430. The Hall–Kier alpha value is -4.02. The van der Waals surface area contributed by atoms with E-state index in [0.717, 1.165) is 5.56 Å². The Morgan fingerprint density at radius 3 is 1.86 bits per heavy atom. The van der Waals surface area contributed by atoms with Crippen LogP contribution in [0.4, 0.5) is 0 Å². The van der Waals surface area contributed by atoms with Crippen molar-refractivity contribution in [3.63, 3.8) is 0 Å². The fraction of sp³-hybridized carbons (Fsp3) is 0.176. The molecule has 0 amide bonds. The van der Waals surface area contributed by atoms with Crippen LogP contribution in [0.1, 0.15) is 18.4 Å². The van der Waals surface area contributed by atoms with E-state index in [4.69, 9.17) is 25.3 Å². The van der Waals surface area contributed by atoms with Crippen LogP contribution in [-0.2, 0) is 28.8 Å². The highest BCUT2D eigenvalue weighted by molar-refractivity contribution is 6.38. The normalized spacial score (nSPS) is 10.5. The van der Waals surface area contributed by atoms with Crippen LogP contribution in [0.5, 0.6) is 0 Å². The molecule has 0 saturated heterocycles. The minimum atomic E-state index is -1.71. The molecule has 0 heterocycles. The summed E-state index contributed by atoms with van der Waals surface area (Å²) in [4.78, 5) is 55.0. The molecule has 1 aromatic rings. The van der Waals surface area contributed by atoms with E-state index < -0.39 is 48.2 Å². The van der Waals surface area contributed by atoms with E-state index in [2.05, 4.69) is 5.16 Å². The van der Waals surface area contributed by atoms with E-state index in [1.54, 1.807) is 12.2 Å². The molecule has 1 rings (SSSR count). The molecule has 0 aliphatic heterocycles. The van der Waals surface area contributed by atoms with Gasteiger partial charge in [-0.25, -0.2) is 9.59 Å². The molecule has 11 heteroatoms. The number of hydrogen-bond donors (Lipinski definition) is 4. The Morgan fingerprint density at radius 2 is 1.43 bits per heavy atom. The van der Waals surface area contributed by atoms with Gasteiger partial charge in [0.25, 0.3) is 5.78 Å². The highest BCUT2D eigenvalue weighted by Crippen LogP contribution is 2.00. The van der Waals surface area contributed by atoms with E-state index in [0.29, 0.717) is 0 Å². The van der Waals surface area contributed by atoms with Crippen molar-refractivity contribution in [2.75, 3.05) is 6.61 Å². The van der Waals surface area contributed by atoms with Crippen LogP contribution in [0.2, 0.25) is 0 Å². The summed E-state index contributed by atoms with van der Waals surface area (Å²) in [6, 6.07) is 9.45. The van der Waals surface area contributed by atoms with Gasteiger partial charge in [0, 0.05) is 0 Å². The monoisotopic (exact) mass is 395 g/mol. The molecule has 0 bridgehead atoms. The summed E-state index contributed by atoms with van der Waals surface area (Å²) in [6.07, 6.45) is 1.80. The zero-order valence-electron chi connectivity index (χ0n) is 14.3. The number of nitrogens with zero attached hydrogens (tertiary/aromatic N) is 1. The minimum Gasteiger partial charge on any atom is -0.481 e. The van der Waals surface area contributed by atoms with Gasteiger partial charge in [-0.2, -0.15) is 0 Å². The smallest absolute Gasteiger partial charge is 0.372 e. The molecule has 11 nitrogen and oxygen atoms in total. The summed E-state index contributed by atoms with van der Waals surface area (Å²) in [5, 5.41) is 36.1. The van der Waals surface area contributed by atoms with Gasteiger partial charge in [-0.1, -0.05) is 41.6 Å². The number of hydrogen-bond acceptors (Lipinski definition) is 7. The van der Waals surface area contributed by atoms with Crippen molar-refractivity contribution in [1.29, 1.82) is 0 Å². The SMILES string of the molecule is O=C(O)CC(=NOCC=Cc1ccccc1)C(=O)O.O=C(O)CC(=O)C(=O)O. The fourth-order valence-electron chi connectivity index (χ4n) is 1.41. The molecule has 0 fully saturated rings. The first-order valence-electron chi connectivity index (χ1n) is 7.47. The van der Waals surface area contributed by atoms with Gasteiger partial charge in [-0.15, -0.1) is 0 Å². The van der Waals surface area contributed by atoms with E-state index in [1.807, 2.05) is 30.3 Å². The number of benzene rings is 1. The number of ketones is 1. The second-order valence-electron chi connectivity index (χ2n) is 4.82. The van der Waals surface area contributed by atoms with Crippen molar-refractivity contribution < 1.29 is 49.2 Å². The van der Waals surface area contributed by atoms with Crippen LogP contribution in [0, 0.1) is 0 Å². The summed E-state index contributed by atoms with van der Waals surface area (Å²) in [7, 11) is 0. The molecule has 0 saturated carbocycles. The fourth-order valence-corrected chi connectivity index (χ4v) is 1.41. The highest BCUT2D eigenvalue weighted by atomic mass is 16.6. The Morgan fingerprint density at radius 1 is 0.857 bits per heavy atom. The molecule has 0 spiro atoms. The first kappa shape index (κ1) is 24.0. The molecule has 28 heavy (non-hydrogen) atoms. The van der Waals surface area contributed by atoms with Gasteiger partial charge < -0.3 is 25.3 Å². The molecule has 0 unspecified atom stereocenters. The number of carboxylic acid groups (broad SMARTS) is 4. The number of carboxylic acids is 4. The lowest BCUT2D eigenvalue weighted by atomic mass is 10.2. The standard InChI is InChI=1S/C13H13NO5.C4H4O5/c15-12(16)9-11(13(17)18)14-19-8-4-7-10-5-2-1-3-6-10;5-2(4(8)9)1-3(6)7/h1-7H,8-9H2,(H,15,16)(H,17,18);1H2,(H,6,7)(H,8,9). The predicted molar refractivity (Wildman–Crippen MR) is 93.6 cm³/mol. The lowest BCUT2D eigenvalue weighted by Gasteiger charge is -1.98. The third-order valence-corrected chi connectivity index (χ3v) is 2.57. The lowest BCUT2D eigenvalue weighted by molar-refractivity contribution is -0.152. The maximum absolute atomic E-state index is 10.6. The number of aliphatic carboxylic acids is 4. The molecule has 0 radical (unpaired) electrons. The summed E-state index contributed by atoms with van der Waals surface area (Å²) in [5.74, 6) is -7.12. The van der Waals surface area contributed by atoms with E-state index in [-0.39, 0.29) is 6.61 Å². The van der Waals surface area contributed by atoms with Crippen molar-refractivity contribution in [3.05, 3.63) is 42.0 Å². The highest BCUT2D eigenvalue weighted by Gasteiger charge is 2.15. The third-order valence-electron chi connectivity index (χ3n) is 2.57. The number of carbonyl (C=O) groups is 5. The van der Waals surface area contributed by atoms with Gasteiger partial charge in [0.1, 0.15) is 13.0 Å². The number of oxime groups is 1. The Labute approximate surface area is 158 Å². The Bertz CT molecular complexity index is 767. The van der Waals surface area contributed by atoms with Gasteiger partial charge in [-0.05, 0) is 11.6 Å². The van der Waals surface area contributed by atoms with E-state index in [9.17, 15) is 24.0 Å². The maximum Gasteiger partial charge on any atom is 0.372 e. The molecule has 0 aliphatic carbocycles. The molecule has 0 aromatic heterocycles. The molecule has 4 N–H and O–H groups in total. The van der Waals surface area contributed by atoms with Gasteiger partial charge >= 0.3 is 23.9 Å². The third kappa shape index (κ3) is 12.4. The van der Waals surface area contributed by atoms with E-state index >= 15 is 0 Å². The first-order chi connectivity index (χ1) is 13.1. The number of Topliss-reactive ketones (excluding diaryl/α,β-unsaturated/α-hetero) is 1.